The molecule has 1 aromatic rings. The topological polar surface area (TPSA) is 70.6 Å². The molecule has 5 nitrogen and oxygen atoms in total. The molecule has 2 rings (SSSR count). The zero-order valence-corrected chi connectivity index (χ0v) is 11.3. The fraction of sp³-hybridized carbons (Fsp3) is 0.167. The zero-order valence-electron chi connectivity index (χ0n) is 7.34. The minimum atomic E-state index is -3.54. The van der Waals surface area contributed by atoms with Crippen LogP contribution in [0.25, 0.3) is 0 Å². The number of rotatable bonds is 0. The van der Waals surface area contributed by atoms with Crippen molar-refractivity contribution in [1.29, 1.82) is 0 Å². The predicted octanol–water partition coefficient (Wildman–Crippen LogP) is 1.85. The quantitative estimate of drug-likeness (QED) is 0.763. The Hall–Kier alpha value is -0.310. The first-order chi connectivity index (χ1) is 6.95. The van der Waals surface area contributed by atoms with E-state index in [-0.39, 0.29) is 10.2 Å². The maximum Gasteiger partial charge on any atom is 0.275 e. The van der Waals surface area contributed by atoms with E-state index in [1.165, 1.54) is 7.05 Å². The fourth-order valence-electron chi connectivity index (χ4n) is 1.08. The lowest BCUT2D eigenvalue weighted by Gasteiger charge is -2.17. The number of nitrogens with one attached hydrogen (secondary N) is 2. The Bertz CT molecular complexity index is 551. The number of nitrogens with zero attached hydrogens (tertiary/aromatic N) is 1. The number of sulfonamides is 1. The lowest BCUT2D eigenvalue weighted by atomic mass is 10.5. The number of anilines is 1. The van der Waals surface area contributed by atoms with Crippen LogP contribution in [-0.2, 0) is 10.0 Å². The van der Waals surface area contributed by atoms with Gasteiger partial charge in [0.25, 0.3) is 10.0 Å². The minimum Gasteiger partial charge on any atom is -0.323 e. The molecule has 0 spiro atoms. The predicted molar refractivity (Wildman–Crippen MR) is 64.3 cm³/mol. The van der Waals surface area contributed by atoms with E-state index in [0.717, 1.165) is 11.3 Å². The number of halogens is 2. The molecule has 0 bridgehead atoms. The van der Waals surface area contributed by atoms with Gasteiger partial charge in [-0.15, -0.1) is 11.3 Å². The summed E-state index contributed by atoms with van der Waals surface area (Å²) in [5, 5.41) is 2.83. The summed E-state index contributed by atoms with van der Waals surface area (Å²) in [7, 11) is -2.06. The highest BCUT2D eigenvalue weighted by Gasteiger charge is 2.31. The van der Waals surface area contributed by atoms with Gasteiger partial charge in [0.15, 0.2) is 4.21 Å². The van der Waals surface area contributed by atoms with E-state index in [1.54, 1.807) is 0 Å². The molecule has 1 aliphatic rings. The van der Waals surface area contributed by atoms with Crippen molar-refractivity contribution in [3.05, 3.63) is 8.81 Å². The van der Waals surface area contributed by atoms with Crippen molar-refractivity contribution in [2.24, 2.45) is 4.99 Å². The van der Waals surface area contributed by atoms with Crippen molar-refractivity contribution < 1.29 is 8.42 Å². The highest BCUT2D eigenvalue weighted by molar-refractivity contribution is 9.10. The molecule has 2 heterocycles. The summed E-state index contributed by atoms with van der Waals surface area (Å²) in [5.74, 6) is 0.178. The van der Waals surface area contributed by atoms with Gasteiger partial charge >= 0.3 is 0 Å². The Morgan fingerprint density at radius 1 is 1.53 bits per heavy atom. The smallest absolute Gasteiger partial charge is 0.275 e. The Morgan fingerprint density at radius 3 is 2.80 bits per heavy atom. The molecule has 1 aliphatic heterocycles. The number of thiophene rings is 1. The largest absolute Gasteiger partial charge is 0.323 e. The monoisotopic (exact) mass is 329 g/mol. The minimum absolute atomic E-state index is 0.159. The molecule has 15 heavy (non-hydrogen) atoms. The molecule has 0 radical (unpaired) electrons. The summed E-state index contributed by atoms with van der Waals surface area (Å²) in [6.45, 7) is 0. The molecule has 0 aromatic carbocycles. The Balaban J connectivity index is 2.71. The lowest BCUT2D eigenvalue weighted by molar-refractivity contribution is 0.594. The normalized spacial score (nSPS) is 20.6. The van der Waals surface area contributed by atoms with Crippen LogP contribution >= 0.6 is 38.9 Å². The average Bonchev–Trinajstić information content (AvgIpc) is 2.45. The van der Waals surface area contributed by atoms with Gasteiger partial charge in [0.2, 0.25) is 5.96 Å². The first-order valence-electron chi connectivity index (χ1n) is 3.70. The molecule has 1 aromatic heterocycles. The Morgan fingerprint density at radius 2 is 2.20 bits per heavy atom. The summed E-state index contributed by atoms with van der Waals surface area (Å²) in [5.41, 5.74) is 0.435. The first kappa shape index (κ1) is 11.2. The van der Waals surface area contributed by atoms with Gasteiger partial charge in [-0.1, -0.05) is 11.6 Å². The van der Waals surface area contributed by atoms with Crippen LogP contribution in [0.4, 0.5) is 5.69 Å². The van der Waals surface area contributed by atoms with Gasteiger partial charge in [-0.05, 0) is 15.9 Å². The molecule has 0 atom stereocenters. The molecule has 0 unspecified atom stereocenters. The van der Waals surface area contributed by atoms with Crippen LogP contribution in [0.1, 0.15) is 0 Å². The standard InChI is InChI=1S/C6H5BrClN3O2S2/c1-9-6-10-3-2(7)4(8)14-5(3)15(12,13)11-6/h1H3,(H2,9,10,11). The highest BCUT2D eigenvalue weighted by Crippen LogP contribution is 2.44. The number of fused-ring (bicyclic) bond motifs is 1. The highest BCUT2D eigenvalue weighted by atomic mass is 79.9. The molecule has 0 saturated carbocycles. The molecular formula is C6H5BrClN3O2S2. The second kappa shape index (κ2) is 3.62. The van der Waals surface area contributed by atoms with Gasteiger partial charge in [0.05, 0.1) is 10.2 Å². The third-order valence-electron chi connectivity index (χ3n) is 1.72. The molecule has 9 heteroatoms. The van der Waals surface area contributed by atoms with Gasteiger partial charge in [-0.25, -0.2) is 13.1 Å². The first-order valence-corrected chi connectivity index (χ1v) is 7.17. The number of aliphatic imine (C=N–C) groups is 1. The molecular weight excluding hydrogens is 326 g/mol. The van der Waals surface area contributed by atoms with Crippen molar-refractivity contribution in [1.82, 2.24) is 4.72 Å². The van der Waals surface area contributed by atoms with Crippen LogP contribution in [0.2, 0.25) is 4.34 Å². The summed E-state index contributed by atoms with van der Waals surface area (Å²) in [6, 6.07) is 0. The van der Waals surface area contributed by atoms with Crippen molar-refractivity contribution >= 4 is 60.5 Å². The van der Waals surface area contributed by atoms with Crippen LogP contribution in [0.15, 0.2) is 13.7 Å². The number of guanidine groups is 1. The second-order valence-corrected chi connectivity index (χ2v) is 6.95. The van der Waals surface area contributed by atoms with Crippen molar-refractivity contribution in [3.63, 3.8) is 0 Å². The van der Waals surface area contributed by atoms with Crippen molar-refractivity contribution in [2.45, 2.75) is 4.21 Å². The molecule has 0 saturated heterocycles. The second-order valence-electron chi connectivity index (χ2n) is 2.65. The van der Waals surface area contributed by atoms with Crippen LogP contribution in [0.5, 0.6) is 0 Å². The van der Waals surface area contributed by atoms with E-state index in [0.29, 0.717) is 14.5 Å². The van der Waals surface area contributed by atoms with Crippen LogP contribution in [-0.4, -0.2) is 21.4 Å². The van der Waals surface area contributed by atoms with E-state index in [1.807, 2.05) is 0 Å². The third-order valence-corrected chi connectivity index (χ3v) is 6.26. The van der Waals surface area contributed by atoms with Crippen LogP contribution < -0.4 is 10.0 Å². The zero-order chi connectivity index (χ0) is 11.2. The number of hydrogen-bond acceptors (Lipinski definition) is 4. The molecule has 0 fully saturated rings. The van der Waals surface area contributed by atoms with Crippen LogP contribution in [0.3, 0.4) is 0 Å². The van der Waals surface area contributed by atoms with Crippen LogP contribution in [0, 0.1) is 0 Å². The molecule has 2 N–H and O–H groups in total. The van der Waals surface area contributed by atoms with Crippen molar-refractivity contribution in [2.75, 3.05) is 12.4 Å². The van der Waals surface area contributed by atoms with Gasteiger partial charge in [0.1, 0.15) is 4.34 Å². The molecule has 0 aliphatic carbocycles. The van der Waals surface area contributed by atoms with E-state index < -0.39 is 10.0 Å². The summed E-state index contributed by atoms with van der Waals surface area (Å²) >= 11 is 10.0. The van der Waals surface area contributed by atoms with E-state index in [4.69, 9.17) is 11.6 Å². The van der Waals surface area contributed by atoms with Gasteiger partial charge in [0, 0.05) is 7.05 Å². The van der Waals surface area contributed by atoms with Gasteiger partial charge in [-0.2, -0.15) is 0 Å². The maximum absolute atomic E-state index is 11.7. The lowest BCUT2D eigenvalue weighted by Crippen LogP contribution is -2.39. The average molecular weight is 331 g/mol. The fourth-order valence-corrected chi connectivity index (χ4v) is 4.68. The Kier molecular flexibility index (Phi) is 2.70. The summed E-state index contributed by atoms with van der Waals surface area (Å²) < 4.78 is 26.8. The van der Waals surface area contributed by atoms with Gasteiger partial charge < -0.3 is 5.32 Å². The maximum atomic E-state index is 11.7. The van der Waals surface area contributed by atoms with Gasteiger partial charge in [-0.3, -0.25) is 4.99 Å². The summed E-state index contributed by atoms with van der Waals surface area (Å²) in [4.78, 5) is 3.75. The number of hydrogen-bond donors (Lipinski definition) is 2. The van der Waals surface area contributed by atoms with E-state index in [2.05, 4.69) is 31.0 Å². The summed E-state index contributed by atoms with van der Waals surface area (Å²) in [6.07, 6.45) is 0. The Labute approximate surface area is 104 Å². The molecule has 82 valence electrons. The SMILES string of the molecule is CN=C1Nc2c(sc(Cl)c2Br)S(=O)(=O)N1. The molecule has 0 amide bonds. The van der Waals surface area contributed by atoms with E-state index >= 15 is 0 Å². The van der Waals surface area contributed by atoms with E-state index in [9.17, 15) is 8.42 Å². The third kappa shape index (κ3) is 1.75. The van der Waals surface area contributed by atoms with Crippen molar-refractivity contribution in [3.8, 4) is 0 Å².